The molecule has 2 rings (SSSR count). The van der Waals surface area contributed by atoms with E-state index in [9.17, 15) is 4.79 Å². The largest absolute Gasteiger partial charge is 0.375 e. The number of amides is 1. The topological polar surface area (TPSA) is 29.5 Å². The Hall–Kier alpha value is -0.870. The average molecular weight is 298 g/mol. The summed E-state index contributed by atoms with van der Waals surface area (Å²) in [5.74, 6) is 0.0777. The van der Waals surface area contributed by atoms with Gasteiger partial charge < -0.3 is 9.64 Å². The number of carbonyl (C=O) groups excluding carboxylic acids is 1. The van der Waals surface area contributed by atoms with Gasteiger partial charge in [-0.2, -0.15) is 0 Å². The molecule has 0 N–H and O–H groups in total. The van der Waals surface area contributed by atoms with Gasteiger partial charge in [-0.25, -0.2) is 0 Å². The molecule has 0 bridgehead atoms. The van der Waals surface area contributed by atoms with Gasteiger partial charge in [-0.1, -0.05) is 22.0 Å². The Balaban J connectivity index is 2.18. The van der Waals surface area contributed by atoms with Gasteiger partial charge in [0.05, 0.1) is 18.8 Å². The summed E-state index contributed by atoms with van der Waals surface area (Å²) in [5, 5.41) is 0. The van der Waals surface area contributed by atoms with Crippen LogP contribution in [0.4, 0.5) is 0 Å². The predicted octanol–water partition coefficient (Wildman–Crippen LogP) is 2.70. The fourth-order valence-corrected chi connectivity index (χ4v) is 2.37. The SMILES string of the molecule is CC1CN(C(=O)c2cccc(Br)c2)C(C)CO1. The van der Waals surface area contributed by atoms with E-state index < -0.39 is 0 Å². The molecule has 1 aliphatic heterocycles. The number of halogens is 1. The highest BCUT2D eigenvalue weighted by atomic mass is 79.9. The van der Waals surface area contributed by atoms with Crippen molar-refractivity contribution in [2.45, 2.75) is 26.0 Å². The lowest BCUT2D eigenvalue weighted by molar-refractivity contribution is -0.0387. The fourth-order valence-electron chi connectivity index (χ4n) is 1.97. The van der Waals surface area contributed by atoms with Crippen LogP contribution in [0, 0.1) is 0 Å². The Bertz CT molecular complexity index is 422. The van der Waals surface area contributed by atoms with Crippen LogP contribution in [-0.2, 0) is 4.74 Å². The van der Waals surface area contributed by atoms with Gasteiger partial charge in [-0.15, -0.1) is 0 Å². The van der Waals surface area contributed by atoms with Gasteiger partial charge in [0.25, 0.3) is 5.91 Å². The predicted molar refractivity (Wildman–Crippen MR) is 70.1 cm³/mol. The van der Waals surface area contributed by atoms with E-state index in [-0.39, 0.29) is 18.1 Å². The van der Waals surface area contributed by atoms with Gasteiger partial charge in [-0.05, 0) is 32.0 Å². The zero-order valence-electron chi connectivity index (χ0n) is 10.0. The molecule has 3 nitrogen and oxygen atoms in total. The first-order valence-electron chi connectivity index (χ1n) is 5.76. The van der Waals surface area contributed by atoms with Crippen molar-refractivity contribution in [3.05, 3.63) is 34.3 Å². The minimum absolute atomic E-state index is 0.0777. The molecule has 1 fully saturated rings. The molecule has 0 aromatic heterocycles. The minimum Gasteiger partial charge on any atom is -0.375 e. The summed E-state index contributed by atoms with van der Waals surface area (Å²) in [6.45, 7) is 5.28. The summed E-state index contributed by atoms with van der Waals surface area (Å²) < 4.78 is 6.45. The molecule has 92 valence electrons. The van der Waals surface area contributed by atoms with Crippen LogP contribution >= 0.6 is 15.9 Å². The summed E-state index contributed by atoms with van der Waals surface area (Å²) in [7, 11) is 0. The van der Waals surface area contributed by atoms with Gasteiger partial charge in [0.2, 0.25) is 0 Å². The number of hydrogen-bond donors (Lipinski definition) is 0. The summed E-state index contributed by atoms with van der Waals surface area (Å²) in [4.78, 5) is 14.2. The minimum atomic E-state index is 0.0777. The molecular formula is C13H16BrNO2. The van der Waals surface area contributed by atoms with Gasteiger partial charge in [0.1, 0.15) is 0 Å². The van der Waals surface area contributed by atoms with Crippen LogP contribution in [0.2, 0.25) is 0 Å². The summed E-state index contributed by atoms with van der Waals surface area (Å²) in [6.07, 6.45) is 0.113. The molecule has 4 heteroatoms. The van der Waals surface area contributed by atoms with Crippen molar-refractivity contribution in [2.75, 3.05) is 13.2 Å². The van der Waals surface area contributed by atoms with E-state index >= 15 is 0 Å². The first-order valence-corrected chi connectivity index (χ1v) is 6.55. The molecule has 1 heterocycles. The third kappa shape index (κ3) is 2.87. The monoisotopic (exact) mass is 297 g/mol. The first-order chi connectivity index (χ1) is 8.08. The highest BCUT2D eigenvalue weighted by Crippen LogP contribution is 2.18. The number of ether oxygens (including phenoxy) is 1. The smallest absolute Gasteiger partial charge is 0.254 e. The Morgan fingerprint density at radius 3 is 2.94 bits per heavy atom. The third-order valence-corrected chi connectivity index (χ3v) is 3.43. The quantitative estimate of drug-likeness (QED) is 0.798. The maximum absolute atomic E-state index is 12.4. The van der Waals surface area contributed by atoms with Crippen LogP contribution in [0.5, 0.6) is 0 Å². The van der Waals surface area contributed by atoms with Gasteiger partial charge in [0, 0.05) is 16.6 Å². The van der Waals surface area contributed by atoms with Crippen molar-refractivity contribution >= 4 is 21.8 Å². The molecular weight excluding hydrogens is 282 g/mol. The van der Waals surface area contributed by atoms with Crippen molar-refractivity contribution in [3.63, 3.8) is 0 Å². The zero-order chi connectivity index (χ0) is 12.4. The van der Waals surface area contributed by atoms with Crippen molar-refractivity contribution < 1.29 is 9.53 Å². The maximum atomic E-state index is 12.4. The first kappa shape index (κ1) is 12.6. The van der Waals surface area contributed by atoms with E-state index in [2.05, 4.69) is 15.9 Å². The number of nitrogens with zero attached hydrogens (tertiary/aromatic N) is 1. The normalized spacial score (nSPS) is 24.8. The Morgan fingerprint density at radius 2 is 2.24 bits per heavy atom. The molecule has 0 aliphatic carbocycles. The van der Waals surface area contributed by atoms with E-state index in [1.54, 1.807) is 0 Å². The Kier molecular flexibility index (Phi) is 3.84. The van der Waals surface area contributed by atoms with Gasteiger partial charge in [0.15, 0.2) is 0 Å². The van der Waals surface area contributed by atoms with Crippen molar-refractivity contribution in [2.24, 2.45) is 0 Å². The Labute approximate surface area is 110 Å². The van der Waals surface area contributed by atoms with Crippen LogP contribution in [0.1, 0.15) is 24.2 Å². The van der Waals surface area contributed by atoms with E-state index in [0.717, 1.165) is 10.0 Å². The lowest BCUT2D eigenvalue weighted by Gasteiger charge is -2.36. The summed E-state index contributed by atoms with van der Waals surface area (Å²) in [5.41, 5.74) is 0.723. The standard InChI is InChI=1S/C13H16BrNO2/c1-9-8-17-10(2)7-15(9)13(16)11-4-3-5-12(14)6-11/h3-6,9-10H,7-8H2,1-2H3. The lowest BCUT2D eigenvalue weighted by Crippen LogP contribution is -2.50. The molecule has 0 spiro atoms. The van der Waals surface area contributed by atoms with Gasteiger partial charge >= 0.3 is 0 Å². The molecule has 17 heavy (non-hydrogen) atoms. The number of carbonyl (C=O) groups is 1. The van der Waals surface area contributed by atoms with E-state index in [4.69, 9.17) is 4.74 Å². The Morgan fingerprint density at radius 1 is 1.47 bits per heavy atom. The highest BCUT2D eigenvalue weighted by Gasteiger charge is 2.28. The van der Waals surface area contributed by atoms with Crippen LogP contribution in [0.25, 0.3) is 0 Å². The van der Waals surface area contributed by atoms with Gasteiger partial charge in [-0.3, -0.25) is 4.79 Å². The number of morpholine rings is 1. The van der Waals surface area contributed by atoms with E-state index in [1.165, 1.54) is 0 Å². The van der Waals surface area contributed by atoms with Crippen molar-refractivity contribution in [1.82, 2.24) is 4.90 Å². The summed E-state index contributed by atoms with van der Waals surface area (Å²) in [6, 6.07) is 7.64. The summed E-state index contributed by atoms with van der Waals surface area (Å²) >= 11 is 3.39. The molecule has 2 atom stereocenters. The highest BCUT2D eigenvalue weighted by molar-refractivity contribution is 9.10. The maximum Gasteiger partial charge on any atom is 0.254 e. The molecule has 1 aromatic rings. The lowest BCUT2D eigenvalue weighted by atomic mass is 10.1. The van der Waals surface area contributed by atoms with Crippen LogP contribution in [-0.4, -0.2) is 36.1 Å². The third-order valence-electron chi connectivity index (χ3n) is 2.94. The second-order valence-electron chi connectivity index (χ2n) is 4.46. The van der Waals surface area contributed by atoms with E-state index in [0.29, 0.717) is 13.2 Å². The fraction of sp³-hybridized carbons (Fsp3) is 0.462. The second-order valence-corrected chi connectivity index (χ2v) is 5.38. The van der Waals surface area contributed by atoms with Crippen molar-refractivity contribution in [1.29, 1.82) is 0 Å². The molecule has 1 saturated heterocycles. The molecule has 1 aromatic carbocycles. The zero-order valence-corrected chi connectivity index (χ0v) is 11.6. The average Bonchev–Trinajstić information content (AvgIpc) is 2.31. The second kappa shape index (κ2) is 5.19. The molecule has 0 saturated carbocycles. The molecule has 2 unspecified atom stereocenters. The van der Waals surface area contributed by atoms with E-state index in [1.807, 2.05) is 43.0 Å². The number of benzene rings is 1. The van der Waals surface area contributed by atoms with Crippen LogP contribution in [0.3, 0.4) is 0 Å². The van der Waals surface area contributed by atoms with Crippen LogP contribution < -0.4 is 0 Å². The molecule has 1 amide bonds. The number of rotatable bonds is 1. The van der Waals surface area contributed by atoms with Crippen molar-refractivity contribution in [3.8, 4) is 0 Å². The molecule has 1 aliphatic rings. The molecule has 0 radical (unpaired) electrons. The van der Waals surface area contributed by atoms with Crippen LogP contribution in [0.15, 0.2) is 28.7 Å². The number of hydrogen-bond acceptors (Lipinski definition) is 2.